The van der Waals surface area contributed by atoms with E-state index in [-0.39, 0.29) is 17.2 Å². The predicted octanol–water partition coefficient (Wildman–Crippen LogP) is 1.25. The third-order valence-corrected chi connectivity index (χ3v) is 2.49. The fourth-order valence-corrected chi connectivity index (χ4v) is 1.48. The summed E-state index contributed by atoms with van der Waals surface area (Å²) in [5, 5.41) is 12.0. The van der Waals surface area contributed by atoms with Crippen molar-refractivity contribution in [3.8, 4) is 5.75 Å². The fourth-order valence-electron chi connectivity index (χ4n) is 1.48. The molecule has 1 amide bonds. The molecular weight excluding hydrogens is 223 g/mol. The fraction of sp³-hybridized carbons (Fsp3) is 0.417. The first-order chi connectivity index (χ1) is 8.06. The van der Waals surface area contributed by atoms with Gasteiger partial charge in [0.2, 0.25) is 0 Å². The van der Waals surface area contributed by atoms with Crippen LogP contribution >= 0.6 is 0 Å². The van der Waals surface area contributed by atoms with Crippen LogP contribution < -0.4 is 11.1 Å². The topological polar surface area (TPSA) is 75.3 Å². The van der Waals surface area contributed by atoms with Crippen molar-refractivity contribution in [1.29, 1.82) is 0 Å². The van der Waals surface area contributed by atoms with E-state index in [0.29, 0.717) is 13.1 Å². The van der Waals surface area contributed by atoms with Crippen molar-refractivity contribution >= 4 is 5.91 Å². The van der Waals surface area contributed by atoms with Crippen LogP contribution in [0.5, 0.6) is 5.75 Å². The van der Waals surface area contributed by atoms with Gasteiger partial charge in [-0.25, -0.2) is 4.39 Å². The maximum Gasteiger partial charge on any atom is 0.258 e. The smallest absolute Gasteiger partial charge is 0.258 e. The zero-order valence-corrected chi connectivity index (χ0v) is 9.74. The van der Waals surface area contributed by atoms with Crippen molar-refractivity contribution in [3.05, 3.63) is 29.6 Å². The Hall–Kier alpha value is -1.62. The van der Waals surface area contributed by atoms with Gasteiger partial charge in [0.25, 0.3) is 5.91 Å². The summed E-state index contributed by atoms with van der Waals surface area (Å²) in [6, 6.07) is 3.76. The second-order valence-electron chi connectivity index (χ2n) is 4.03. The molecule has 0 heterocycles. The summed E-state index contributed by atoms with van der Waals surface area (Å²) in [5.74, 6) is -1.47. The second-order valence-corrected chi connectivity index (χ2v) is 4.03. The van der Waals surface area contributed by atoms with Crippen molar-refractivity contribution in [2.24, 2.45) is 11.7 Å². The summed E-state index contributed by atoms with van der Waals surface area (Å²) in [6.07, 6.45) is 0.781. The van der Waals surface area contributed by atoms with Gasteiger partial charge in [-0.3, -0.25) is 4.79 Å². The molecule has 0 saturated carbocycles. The van der Waals surface area contributed by atoms with Gasteiger partial charge >= 0.3 is 0 Å². The average molecular weight is 240 g/mol. The quantitative estimate of drug-likeness (QED) is 0.725. The number of phenolic OH excluding ortho intramolecular Hbond substituents is 1. The monoisotopic (exact) mass is 240 g/mol. The van der Waals surface area contributed by atoms with Crippen LogP contribution in [0.25, 0.3) is 0 Å². The number of carbonyl (C=O) groups is 1. The number of rotatable bonds is 5. The Kier molecular flexibility index (Phi) is 4.90. The molecule has 0 radical (unpaired) electrons. The predicted molar refractivity (Wildman–Crippen MR) is 63.2 cm³/mol. The van der Waals surface area contributed by atoms with Crippen LogP contribution in [0.4, 0.5) is 4.39 Å². The number of halogens is 1. The minimum Gasteiger partial charge on any atom is -0.507 e. The second kappa shape index (κ2) is 6.20. The number of aromatic hydroxyl groups is 1. The van der Waals surface area contributed by atoms with E-state index < -0.39 is 11.7 Å². The van der Waals surface area contributed by atoms with Gasteiger partial charge in [0, 0.05) is 6.54 Å². The SMILES string of the molecule is CC(CCN)CNC(=O)c1c(O)cccc1F. The van der Waals surface area contributed by atoms with Crippen LogP contribution in [0.3, 0.4) is 0 Å². The molecular formula is C12H17FN2O2. The molecule has 4 N–H and O–H groups in total. The lowest BCUT2D eigenvalue weighted by atomic mass is 10.1. The third kappa shape index (κ3) is 3.71. The number of benzene rings is 1. The Morgan fingerprint density at radius 3 is 2.88 bits per heavy atom. The lowest BCUT2D eigenvalue weighted by Crippen LogP contribution is -2.29. The highest BCUT2D eigenvalue weighted by atomic mass is 19.1. The van der Waals surface area contributed by atoms with Gasteiger partial charge in [-0.05, 0) is 31.0 Å². The molecule has 0 bridgehead atoms. The van der Waals surface area contributed by atoms with Crippen molar-refractivity contribution in [3.63, 3.8) is 0 Å². The molecule has 5 heteroatoms. The Labute approximate surface area is 99.6 Å². The van der Waals surface area contributed by atoms with E-state index in [2.05, 4.69) is 5.32 Å². The molecule has 0 fully saturated rings. The van der Waals surface area contributed by atoms with Crippen LogP contribution in [-0.4, -0.2) is 24.1 Å². The number of amides is 1. The number of nitrogens with two attached hydrogens (primary N) is 1. The minimum absolute atomic E-state index is 0.220. The van der Waals surface area contributed by atoms with Crippen molar-refractivity contribution in [2.45, 2.75) is 13.3 Å². The molecule has 0 aromatic heterocycles. The number of hydrogen-bond donors (Lipinski definition) is 3. The van der Waals surface area contributed by atoms with Crippen molar-refractivity contribution in [1.82, 2.24) is 5.32 Å². The molecule has 1 rings (SSSR count). The molecule has 0 saturated heterocycles. The largest absolute Gasteiger partial charge is 0.507 e. The standard InChI is InChI=1S/C12H17FN2O2/c1-8(5-6-14)7-15-12(17)11-9(13)3-2-4-10(11)16/h2-4,8,16H,5-7,14H2,1H3,(H,15,17). The Bertz CT molecular complexity index is 376. The maximum absolute atomic E-state index is 13.3. The van der Waals surface area contributed by atoms with Crippen LogP contribution in [0, 0.1) is 11.7 Å². The zero-order chi connectivity index (χ0) is 12.8. The van der Waals surface area contributed by atoms with Crippen LogP contribution in [0.1, 0.15) is 23.7 Å². The summed E-state index contributed by atoms with van der Waals surface area (Å²) >= 11 is 0. The van der Waals surface area contributed by atoms with Gasteiger partial charge in [-0.1, -0.05) is 13.0 Å². The molecule has 0 spiro atoms. The number of nitrogens with one attached hydrogen (secondary N) is 1. The van der Waals surface area contributed by atoms with E-state index in [9.17, 15) is 14.3 Å². The van der Waals surface area contributed by atoms with Crippen molar-refractivity contribution in [2.75, 3.05) is 13.1 Å². The van der Waals surface area contributed by atoms with Crippen LogP contribution in [-0.2, 0) is 0 Å². The molecule has 17 heavy (non-hydrogen) atoms. The number of phenols is 1. The zero-order valence-electron chi connectivity index (χ0n) is 9.74. The van der Waals surface area contributed by atoms with E-state index in [1.807, 2.05) is 6.92 Å². The number of carbonyl (C=O) groups excluding carboxylic acids is 1. The summed E-state index contributed by atoms with van der Waals surface area (Å²) in [7, 11) is 0. The highest BCUT2D eigenvalue weighted by Crippen LogP contribution is 2.19. The highest BCUT2D eigenvalue weighted by molar-refractivity contribution is 5.97. The molecule has 0 aliphatic rings. The first-order valence-corrected chi connectivity index (χ1v) is 5.52. The van der Waals surface area contributed by atoms with E-state index in [0.717, 1.165) is 12.5 Å². The summed E-state index contributed by atoms with van der Waals surface area (Å²) in [4.78, 5) is 11.7. The summed E-state index contributed by atoms with van der Waals surface area (Å²) in [6.45, 7) is 2.89. The van der Waals surface area contributed by atoms with Gasteiger partial charge in [-0.2, -0.15) is 0 Å². The Morgan fingerprint density at radius 2 is 2.29 bits per heavy atom. The number of hydrogen-bond acceptors (Lipinski definition) is 3. The molecule has 94 valence electrons. The Balaban J connectivity index is 2.64. The first kappa shape index (κ1) is 13.4. The van der Waals surface area contributed by atoms with Crippen LogP contribution in [0.2, 0.25) is 0 Å². The van der Waals surface area contributed by atoms with E-state index in [1.54, 1.807) is 0 Å². The molecule has 0 aliphatic carbocycles. The first-order valence-electron chi connectivity index (χ1n) is 5.52. The van der Waals surface area contributed by atoms with E-state index in [1.165, 1.54) is 12.1 Å². The molecule has 0 aliphatic heterocycles. The minimum atomic E-state index is -0.728. The molecule has 1 aromatic rings. The summed E-state index contributed by atoms with van der Waals surface area (Å²) in [5.41, 5.74) is 5.07. The van der Waals surface area contributed by atoms with Gasteiger partial charge in [0.1, 0.15) is 17.1 Å². The van der Waals surface area contributed by atoms with E-state index in [4.69, 9.17) is 5.73 Å². The Morgan fingerprint density at radius 1 is 1.59 bits per heavy atom. The van der Waals surface area contributed by atoms with Crippen LogP contribution in [0.15, 0.2) is 18.2 Å². The van der Waals surface area contributed by atoms with Gasteiger partial charge in [-0.15, -0.1) is 0 Å². The molecule has 1 atom stereocenters. The normalized spacial score (nSPS) is 12.2. The molecule has 4 nitrogen and oxygen atoms in total. The molecule has 1 aromatic carbocycles. The highest BCUT2D eigenvalue weighted by Gasteiger charge is 2.16. The van der Waals surface area contributed by atoms with E-state index >= 15 is 0 Å². The lowest BCUT2D eigenvalue weighted by Gasteiger charge is -2.12. The van der Waals surface area contributed by atoms with Gasteiger partial charge in [0.05, 0.1) is 0 Å². The van der Waals surface area contributed by atoms with Gasteiger partial charge in [0.15, 0.2) is 0 Å². The lowest BCUT2D eigenvalue weighted by molar-refractivity contribution is 0.0940. The third-order valence-electron chi connectivity index (χ3n) is 2.49. The van der Waals surface area contributed by atoms with Crippen molar-refractivity contribution < 1.29 is 14.3 Å². The summed E-state index contributed by atoms with van der Waals surface area (Å²) < 4.78 is 13.3. The average Bonchev–Trinajstić information content (AvgIpc) is 2.26. The molecule has 1 unspecified atom stereocenters. The maximum atomic E-state index is 13.3. The van der Waals surface area contributed by atoms with Gasteiger partial charge < -0.3 is 16.2 Å².